The van der Waals surface area contributed by atoms with Gasteiger partial charge in [-0.05, 0) is 56.5 Å². The fraction of sp³-hybridized carbons (Fsp3) is 0.333. The lowest BCUT2D eigenvalue weighted by molar-refractivity contribution is 0.103. The monoisotopic (exact) mass is 474 g/mol. The van der Waals surface area contributed by atoms with E-state index in [0.29, 0.717) is 22.4 Å². The van der Waals surface area contributed by atoms with Crippen LogP contribution in [0.1, 0.15) is 65.6 Å². The molecule has 9 nitrogen and oxygen atoms in total. The van der Waals surface area contributed by atoms with E-state index in [4.69, 9.17) is 0 Å². The average molecular weight is 475 g/mol. The molecule has 3 aromatic heterocycles. The molecule has 34 heavy (non-hydrogen) atoms. The van der Waals surface area contributed by atoms with Crippen LogP contribution in [0.2, 0.25) is 0 Å². The third-order valence-corrected chi connectivity index (χ3v) is 7.19. The smallest absolute Gasteiger partial charge is 0.232 e. The Bertz CT molecular complexity index is 1280. The van der Waals surface area contributed by atoms with Gasteiger partial charge in [-0.15, -0.1) is 11.3 Å². The van der Waals surface area contributed by atoms with Crippen molar-refractivity contribution in [1.82, 2.24) is 35.6 Å². The number of hydrogen-bond acceptors (Lipinski definition) is 8. The SMILES string of the molecule is O=C(c1cnc(C2CCCN2)[nH]1)c1ncsc1Nc1ccc(-c2cnc(C3CCCN3)[nH]2)cc1. The summed E-state index contributed by atoms with van der Waals surface area (Å²) >= 11 is 1.40. The van der Waals surface area contributed by atoms with Crippen molar-refractivity contribution < 1.29 is 4.79 Å². The number of H-pyrrole nitrogens is 2. The van der Waals surface area contributed by atoms with E-state index in [0.717, 1.165) is 60.9 Å². The largest absolute Gasteiger partial charge is 0.345 e. The Labute approximate surface area is 200 Å². The molecule has 0 amide bonds. The number of rotatable bonds is 7. The van der Waals surface area contributed by atoms with Gasteiger partial charge in [-0.2, -0.15) is 0 Å². The van der Waals surface area contributed by atoms with Crippen molar-refractivity contribution in [2.24, 2.45) is 0 Å². The minimum absolute atomic E-state index is 0.164. The van der Waals surface area contributed by atoms with E-state index in [2.05, 4.69) is 40.9 Å². The molecule has 0 spiro atoms. The molecule has 2 unspecified atom stereocenters. The molecule has 0 radical (unpaired) electrons. The molecule has 5 N–H and O–H groups in total. The highest BCUT2D eigenvalue weighted by Gasteiger charge is 2.23. The topological polar surface area (TPSA) is 123 Å². The fourth-order valence-electron chi connectivity index (χ4n) is 4.61. The van der Waals surface area contributed by atoms with Crippen molar-refractivity contribution in [3.8, 4) is 11.3 Å². The lowest BCUT2D eigenvalue weighted by Crippen LogP contribution is -2.14. The number of ketones is 1. The van der Waals surface area contributed by atoms with Crippen LogP contribution in [0.3, 0.4) is 0 Å². The van der Waals surface area contributed by atoms with Crippen LogP contribution < -0.4 is 16.0 Å². The zero-order chi connectivity index (χ0) is 22.9. The number of thiazole rings is 1. The maximum absolute atomic E-state index is 13.1. The van der Waals surface area contributed by atoms with Crippen molar-refractivity contribution >= 4 is 27.8 Å². The summed E-state index contributed by atoms with van der Waals surface area (Å²) in [6, 6.07) is 8.58. The van der Waals surface area contributed by atoms with Crippen LogP contribution in [0, 0.1) is 0 Å². The molecule has 0 aliphatic carbocycles. The molecule has 1 aromatic carbocycles. The van der Waals surface area contributed by atoms with Crippen molar-refractivity contribution in [2.75, 3.05) is 18.4 Å². The van der Waals surface area contributed by atoms with Gasteiger partial charge in [0.2, 0.25) is 5.78 Å². The van der Waals surface area contributed by atoms with Gasteiger partial charge in [0.05, 0.1) is 35.7 Å². The van der Waals surface area contributed by atoms with Crippen LogP contribution in [-0.2, 0) is 0 Å². The van der Waals surface area contributed by atoms with Gasteiger partial charge in [0.15, 0.2) is 0 Å². The second-order valence-electron chi connectivity index (χ2n) is 8.72. The third-order valence-electron chi connectivity index (χ3n) is 6.45. The Morgan fingerprint density at radius 3 is 2.32 bits per heavy atom. The van der Waals surface area contributed by atoms with E-state index in [1.165, 1.54) is 17.8 Å². The van der Waals surface area contributed by atoms with Crippen LogP contribution in [0.5, 0.6) is 0 Å². The molecular weight excluding hydrogens is 448 g/mol. The number of nitrogens with zero attached hydrogens (tertiary/aromatic N) is 3. The van der Waals surface area contributed by atoms with Crippen molar-refractivity contribution in [3.05, 3.63) is 65.2 Å². The summed E-state index contributed by atoms with van der Waals surface area (Å²) in [6.45, 7) is 2.02. The maximum atomic E-state index is 13.1. The first-order valence-electron chi connectivity index (χ1n) is 11.7. The van der Waals surface area contributed by atoms with Gasteiger partial charge in [-0.3, -0.25) is 4.79 Å². The number of anilines is 2. The molecule has 2 aliphatic rings. The van der Waals surface area contributed by atoms with Crippen LogP contribution in [-0.4, -0.2) is 43.8 Å². The molecule has 6 rings (SSSR count). The van der Waals surface area contributed by atoms with Crippen LogP contribution >= 0.6 is 11.3 Å². The molecule has 2 atom stereocenters. The standard InChI is InChI=1S/C24H26N8OS/c33-21(19-12-28-23(32-19)17-4-2-10-26-17)20-24(34-13-29-20)30-15-7-5-14(6-8-15)18-11-27-22(31-18)16-3-1-9-25-16/h5-8,11-13,16-17,25-26,30H,1-4,9-10H2,(H,27,31)(H,28,32). The zero-order valence-electron chi connectivity index (χ0n) is 18.6. The highest BCUT2D eigenvalue weighted by molar-refractivity contribution is 7.14. The van der Waals surface area contributed by atoms with E-state index in [1.807, 2.05) is 30.5 Å². The molecule has 0 saturated carbocycles. The number of aromatic nitrogens is 5. The van der Waals surface area contributed by atoms with Crippen molar-refractivity contribution in [1.29, 1.82) is 0 Å². The minimum atomic E-state index is -0.164. The van der Waals surface area contributed by atoms with Gasteiger partial charge in [-0.1, -0.05) is 12.1 Å². The molecular formula is C24H26N8OS. The summed E-state index contributed by atoms with van der Waals surface area (Å²) in [5.41, 5.74) is 5.48. The van der Waals surface area contributed by atoms with Gasteiger partial charge in [0.25, 0.3) is 0 Å². The summed E-state index contributed by atoms with van der Waals surface area (Å²) in [4.78, 5) is 33.0. The highest BCUT2D eigenvalue weighted by atomic mass is 32.1. The van der Waals surface area contributed by atoms with Crippen molar-refractivity contribution in [2.45, 2.75) is 37.8 Å². The minimum Gasteiger partial charge on any atom is -0.345 e. The second kappa shape index (κ2) is 9.13. The highest BCUT2D eigenvalue weighted by Crippen LogP contribution is 2.29. The van der Waals surface area contributed by atoms with Crippen molar-refractivity contribution in [3.63, 3.8) is 0 Å². The van der Waals surface area contributed by atoms with Gasteiger partial charge in [-0.25, -0.2) is 15.0 Å². The number of carbonyl (C=O) groups is 1. The maximum Gasteiger partial charge on any atom is 0.232 e. The first-order chi connectivity index (χ1) is 16.7. The molecule has 2 aliphatic heterocycles. The number of aromatic amines is 2. The lowest BCUT2D eigenvalue weighted by Gasteiger charge is -2.07. The summed E-state index contributed by atoms with van der Waals surface area (Å²) in [7, 11) is 0. The zero-order valence-corrected chi connectivity index (χ0v) is 19.4. The number of carbonyl (C=O) groups excluding carboxylic acids is 1. The fourth-order valence-corrected chi connectivity index (χ4v) is 5.31. The van der Waals surface area contributed by atoms with E-state index >= 15 is 0 Å². The van der Waals surface area contributed by atoms with Gasteiger partial charge < -0.3 is 25.9 Å². The molecule has 5 heterocycles. The van der Waals surface area contributed by atoms with Crippen LogP contribution in [0.4, 0.5) is 10.7 Å². The summed E-state index contributed by atoms with van der Waals surface area (Å²) in [6.07, 6.45) is 7.93. The van der Waals surface area contributed by atoms with Gasteiger partial charge >= 0.3 is 0 Å². The number of benzene rings is 1. The molecule has 2 saturated heterocycles. The first kappa shape index (κ1) is 21.2. The Morgan fingerprint density at radius 1 is 0.912 bits per heavy atom. The quantitative estimate of drug-likeness (QED) is 0.256. The predicted molar refractivity (Wildman–Crippen MR) is 131 cm³/mol. The predicted octanol–water partition coefficient (Wildman–Crippen LogP) is 4.08. The molecule has 4 aromatic rings. The Kier molecular flexibility index (Phi) is 5.69. The summed E-state index contributed by atoms with van der Waals surface area (Å²) in [5, 5.41) is 10.9. The van der Waals surface area contributed by atoms with Crippen LogP contribution in [0.15, 0.2) is 42.2 Å². The Morgan fingerprint density at radius 2 is 1.62 bits per heavy atom. The Hall–Kier alpha value is -3.34. The lowest BCUT2D eigenvalue weighted by atomic mass is 10.1. The van der Waals surface area contributed by atoms with E-state index in [-0.39, 0.29) is 11.8 Å². The second-order valence-corrected chi connectivity index (χ2v) is 9.58. The number of imidazole rings is 2. The summed E-state index contributed by atoms with van der Waals surface area (Å²) in [5.74, 6) is 1.64. The average Bonchev–Trinajstić information content (AvgIpc) is 3.70. The van der Waals surface area contributed by atoms with Gasteiger partial charge in [0, 0.05) is 5.69 Å². The van der Waals surface area contributed by atoms with Crippen LogP contribution in [0.25, 0.3) is 11.3 Å². The van der Waals surface area contributed by atoms with E-state index in [1.54, 1.807) is 11.7 Å². The first-order valence-corrected chi connectivity index (χ1v) is 12.5. The van der Waals surface area contributed by atoms with E-state index in [9.17, 15) is 4.79 Å². The number of nitrogens with one attached hydrogen (secondary N) is 5. The Balaban J connectivity index is 1.15. The third kappa shape index (κ3) is 4.15. The normalized spacial score (nSPS) is 20.1. The van der Waals surface area contributed by atoms with Gasteiger partial charge in [0.1, 0.15) is 28.0 Å². The molecule has 10 heteroatoms. The van der Waals surface area contributed by atoms with E-state index < -0.39 is 0 Å². The molecule has 174 valence electrons. The molecule has 2 fully saturated rings. The number of hydrogen-bond donors (Lipinski definition) is 5. The molecule has 0 bridgehead atoms. The summed E-state index contributed by atoms with van der Waals surface area (Å²) < 4.78 is 0.